The summed E-state index contributed by atoms with van der Waals surface area (Å²) in [4.78, 5) is 21.3. The molecule has 14 heavy (non-hydrogen) atoms. The highest BCUT2D eigenvalue weighted by Gasteiger charge is 2.31. The smallest absolute Gasteiger partial charge is 0.256 e. The average molecular weight is 193 g/mol. The third-order valence-electron chi connectivity index (χ3n) is 2.11. The fourth-order valence-corrected chi connectivity index (χ4v) is 1.07. The Morgan fingerprint density at radius 1 is 1.50 bits per heavy atom. The number of nitro groups is 1. The first-order valence-corrected chi connectivity index (χ1v) is 4.20. The quantitative estimate of drug-likeness (QED) is 0.495. The van der Waals surface area contributed by atoms with Gasteiger partial charge in [0.1, 0.15) is 0 Å². The lowest BCUT2D eigenvalue weighted by atomic mass is 10.0. The van der Waals surface area contributed by atoms with Crippen LogP contribution in [0.5, 0.6) is 0 Å². The second-order valence-electron chi connectivity index (χ2n) is 3.35. The Labute approximate surface area is 81.8 Å². The van der Waals surface area contributed by atoms with E-state index in [4.69, 9.17) is 0 Å². The van der Waals surface area contributed by atoms with Crippen LogP contribution in [0.25, 0.3) is 0 Å². The number of carbonyl (C=O) groups excluding carboxylic acids is 1. The van der Waals surface area contributed by atoms with Gasteiger partial charge >= 0.3 is 0 Å². The van der Waals surface area contributed by atoms with E-state index in [1.54, 1.807) is 12.2 Å². The van der Waals surface area contributed by atoms with E-state index in [0.717, 1.165) is 0 Å². The molecular weight excluding hydrogens is 182 g/mol. The number of carbonyl (C=O) groups is 1. The standard InChI is InChI=1S/C10H11NO3/c1-8(12)9-4-3-6-10(2,7-5-9)11(13)14/h3-7H,1-2H3. The molecule has 0 fully saturated rings. The monoisotopic (exact) mass is 193 g/mol. The van der Waals surface area contributed by atoms with E-state index in [1.807, 2.05) is 0 Å². The summed E-state index contributed by atoms with van der Waals surface area (Å²) >= 11 is 0. The molecule has 1 aliphatic carbocycles. The third kappa shape index (κ3) is 1.96. The van der Waals surface area contributed by atoms with Crippen molar-refractivity contribution in [3.05, 3.63) is 46.1 Å². The molecule has 0 spiro atoms. The van der Waals surface area contributed by atoms with Crippen LogP contribution in [0, 0.1) is 10.1 Å². The normalized spacial score (nSPS) is 25.4. The van der Waals surface area contributed by atoms with E-state index in [0.29, 0.717) is 5.57 Å². The van der Waals surface area contributed by atoms with Gasteiger partial charge in [-0.25, -0.2) is 0 Å². The SMILES string of the molecule is CC(=O)C1=CC=CC(C)([N+](=O)[O-])C=C1. The molecule has 0 heterocycles. The minimum Gasteiger partial charge on any atom is -0.295 e. The lowest BCUT2D eigenvalue weighted by molar-refractivity contribution is -0.535. The van der Waals surface area contributed by atoms with Crippen LogP contribution in [0.15, 0.2) is 36.0 Å². The maximum absolute atomic E-state index is 11.0. The van der Waals surface area contributed by atoms with Crippen molar-refractivity contribution >= 4 is 5.78 Å². The molecule has 1 rings (SSSR count). The summed E-state index contributed by atoms with van der Waals surface area (Å²) < 4.78 is 0. The van der Waals surface area contributed by atoms with E-state index in [9.17, 15) is 14.9 Å². The fourth-order valence-electron chi connectivity index (χ4n) is 1.07. The van der Waals surface area contributed by atoms with Gasteiger partial charge < -0.3 is 0 Å². The maximum Gasteiger partial charge on any atom is 0.256 e. The first-order valence-electron chi connectivity index (χ1n) is 4.20. The zero-order valence-corrected chi connectivity index (χ0v) is 8.06. The van der Waals surface area contributed by atoms with Crippen molar-refractivity contribution < 1.29 is 9.72 Å². The van der Waals surface area contributed by atoms with Gasteiger partial charge in [-0.2, -0.15) is 0 Å². The highest BCUT2D eigenvalue weighted by atomic mass is 16.6. The highest BCUT2D eigenvalue weighted by Crippen LogP contribution is 2.18. The summed E-state index contributed by atoms with van der Waals surface area (Å²) in [5.41, 5.74) is -0.736. The number of rotatable bonds is 2. The highest BCUT2D eigenvalue weighted by molar-refractivity contribution is 5.96. The molecule has 0 saturated carbocycles. The van der Waals surface area contributed by atoms with Crippen LogP contribution in [-0.4, -0.2) is 16.2 Å². The van der Waals surface area contributed by atoms with Crippen LogP contribution < -0.4 is 0 Å². The molecule has 0 N–H and O–H groups in total. The van der Waals surface area contributed by atoms with E-state index in [1.165, 1.54) is 32.1 Å². The van der Waals surface area contributed by atoms with E-state index < -0.39 is 10.5 Å². The first-order chi connectivity index (χ1) is 6.46. The Hall–Kier alpha value is -1.71. The van der Waals surface area contributed by atoms with E-state index in [-0.39, 0.29) is 5.78 Å². The number of Topliss-reactive ketones (excluding diaryl/α,β-unsaturated/α-hetero) is 1. The fraction of sp³-hybridized carbons (Fsp3) is 0.300. The molecule has 0 aliphatic heterocycles. The van der Waals surface area contributed by atoms with Gasteiger partial charge in [0.2, 0.25) is 0 Å². The molecule has 4 nitrogen and oxygen atoms in total. The van der Waals surface area contributed by atoms with Crippen LogP contribution in [0.2, 0.25) is 0 Å². The molecule has 74 valence electrons. The minimum atomic E-state index is -1.21. The molecule has 0 radical (unpaired) electrons. The number of hydrogen-bond donors (Lipinski definition) is 0. The maximum atomic E-state index is 11.0. The van der Waals surface area contributed by atoms with Gasteiger partial charge in [-0.3, -0.25) is 14.9 Å². The van der Waals surface area contributed by atoms with Crippen LogP contribution in [0.3, 0.4) is 0 Å². The van der Waals surface area contributed by atoms with Crippen molar-refractivity contribution in [2.24, 2.45) is 0 Å². The molecule has 0 amide bonds. The number of ketones is 1. The van der Waals surface area contributed by atoms with Gasteiger partial charge in [0, 0.05) is 17.4 Å². The summed E-state index contributed by atoms with van der Waals surface area (Å²) in [5.74, 6) is -0.0986. The summed E-state index contributed by atoms with van der Waals surface area (Å²) in [6.45, 7) is 2.91. The molecule has 0 bridgehead atoms. The van der Waals surface area contributed by atoms with Gasteiger partial charge in [-0.1, -0.05) is 12.2 Å². The van der Waals surface area contributed by atoms with Gasteiger partial charge in [-0.15, -0.1) is 0 Å². The predicted molar refractivity (Wildman–Crippen MR) is 52.4 cm³/mol. The van der Waals surface area contributed by atoms with Crippen molar-refractivity contribution in [2.45, 2.75) is 19.4 Å². The van der Waals surface area contributed by atoms with Crippen LogP contribution in [-0.2, 0) is 4.79 Å². The van der Waals surface area contributed by atoms with Crippen molar-refractivity contribution in [1.29, 1.82) is 0 Å². The van der Waals surface area contributed by atoms with Crippen LogP contribution in [0.1, 0.15) is 13.8 Å². The lowest BCUT2D eigenvalue weighted by Gasteiger charge is -2.10. The van der Waals surface area contributed by atoms with Crippen molar-refractivity contribution in [3.63, 3.8) is 0 Å². The molecule has 1 unspecified atom stereocenters. The number of allylic oxidation sites excluding steroid dienone is 4. The molecule has 1 aliphatic rings. The van der Waals surface area contributed by atoms with E-state index >= 15 is 0 Å². The Bertz CT molecular complexity index is 366. The second-order valence-corrected chi connectivity index (χ2v) is 3.35. The Morgan fingerprint density at radius 2 is 2.14 bits per heavy atom. The summed E-state index contributed by atoms with van der Waals surface area (Å²) in [5, 5.41) is 10.7. The molecule has 1 atom stereocenters. The van der Waals surface area contributed by atoms with Crippen molar-refractivity contribution in [2.75, 3.05) is 0 Å². The molecule has 0 saturated heterocycles. The number of hydrogen-bond acceptors (Lipinski definition) is 3. The van der Waals surface area contributed by atoms with Gasteiger partial charge in [0.05, 0.1) is 0 Å². The predicted octanol–water partition coefficient (Wildman–Crippen LogP) is 1.66. The molecule has 0 aromatic rings. The molecule has 0 aromatic carbocycles. The van der Waals surface area contributed by atoms with Crippen molar-refractivity contribution in [1.82, 2.24) is 0 Å². The summed E-state index contributed by atoms with van der Waals surface area (Å²) in [6.07, 6.45) is 7.49. The van der Waals surface area contributed by atoms with Crippen LogP contribution in [0.4, 0.5) is 0 Å². The average Bonchev–Trinajstić information content (AvgIpc) is 2.28. The Kier molecular flexibility index (Phi) is 2.65. The summed E-state index contributed by atoms with van der Waals surface area (Å²) in [6, 6.07) is 0. The topological polar surface area (TPSA) is 60.2 Å². The number of nitrogens with zero attached hydrogens (tertiary/aromatic N) is 1. The van der Waals surface area contributed by atoms with Gasteiger partial charge in [-0.05, 0) is 25.2 Å². The zero-order chi connectivity index (χ0) is 10.8. The third-order valence-corrected chi connectivity index (χ3v) is 2.11. The van der Waals surface area contributed by atoms with E-state index in [2.05, 4.69) is 0 Å². The van der Waals surface area contributed by atoms with Gasteiger partial charge in [0.15, 0.2) is 5.78 Å². The molecule has 4 heteroatoms. The molecular formula is C10H11NO3. The lowest BCUT2D eigenvalue weighted by Crippen LogP contribution is -2.29. The van der Waals surface area contributed by atoms with Gasteiger partial charge in [0.25, 0.3) is 5.54 Å². The Balaban J connectivity index is 3.03. The zero-order valence-electron chi connectivity index (χ0n) is 8.06. The largest absolute Gasteiger partial charge is 0.295 e. The van der Waals surface area contributed by atoms with Crippen molar-refractivity contribution in [3.8, 4) is 0 Å². The Morgan fingerprint density at radius 3 is 2.64 bits per heavy atom. The first kappa shape index (κ1) is 10.4. The minimum absolute atomic E-state index is 0.0986. The van der Waals surface area contributed by atoms with Crippen LogP contribution >= 0.6 is 0 Å². The molecule has 0 aromatic heterocycles. The second kappa shape index (κ2) is 3.57. The summed E-state index contributed by atoms with van der Waals surface area (Å²) in [7, 11) is 0.